The summed E-state index contributed by atoms with van der Waals surface area (Å²) in [6.45, 7) is 4.96. The predicted octanol–water partition coefficient (Wildman–Crippen LogP) is -0.316. The minimum atomic E-state index is 0.877. The van der Waals surface area contributed by atoms with E-state index in [9.17, 15) is 0 Å². The van der Waals surface area contributed by atoms with E-state index in [0.717, 1.165) is 38.5 Å². The van der Waals surface area contributed by atoms with Gasteiger partial charge in [-0.2, -0.15) is 0 Å². The Labute approximate surface area is 84.5 Å². The molecule has 1 saturated heterocycles. The minimum absolute atomic E-state index is 0.877. The van der Waals surface area contributed by atoms with Gasteiger partial charge in [-0.3, -0.25) is 0 Å². The first-order chi connectivity index (χ1) is 6.86. The van der Waals surface area contributed by atoms with Gasteiger partial charge in [0.2, 0.25) is 0 Å². The number of nitrogens with one attached hydrogen (secondary N) is 1. The van der Waals surface area contributed by atoms with Crippen LogP contribution >= 0.6 is 0 Å². The van der Waals surface area contributed by atoms with Crippen molar-refractivity contribution in [2.24, 2.45) is 0 Å². The van der Waals surface area contributed by atoms with Crippen LogP contribution in [0, 0.1) is 0 Å². The first kappa shape index (κ1) is 9.49. The van der Waals surface area contributed by atoms with E-state index in [4.69, 9.17) is 10.5 Å². The van der Waals surface area contributed by atoms with E-state index in [1.54, 1.807) is 4.90 Å². The molecule has 1 aliphatic rings. The Balaban J connectivity index is 1.99. The Morgan fingerprint density at radius 1 is 1.21 bits per heavy atom. The van der Waals surface area contributed by atoms with Crippen LogP contribution in [0.2, 0.25) is 0 Å². The summed E-state index contributed by atoms with van der Waals surface area (Å²) in [6.07, 6.45) is 0. The van der Waals surface area contributed by atoms with E-state index in [1.165, 1.54) is 5.56 Å². The highest BCUT2D eigenvalue weighted by Gasteiger charge is 2.14. The first-order valence-electron chi connectivity index (χ1n) is 5.11. The highest BCUT2D eigenvalue weighted by Crippen LogP contribution is 2.08. The van der Waals surface area contributed by atoms with E-state index < -0.39 is 0 Å². The van der Waals surface area contributed by atoms with Crippen LogP contribution in [-0.4, -0.2) is 26.3 Å². The molecule has 3 heteroatoms. The average molecular weight is 193 g/mol. The quantitative estimate of drug-likeness (QED) is 0.632. The van der Waals surface area contributed by atoms with Gasteiger partial charge < -0.3 is 15.4 Å². The second-order valence-electron chi connectivity index (χ2n) is 3.74. The summed E-state index contributed by atoms with van der Waals surface area (Å²) in [5, 5.41) is 0. The second-order valence-corrected chi connectivity index (χ2v) is 3.74. The van der Waals surface area contributed by atoms with E-state index in [0.29, 0.717) is 0 Å². The van der Waals surface area contributed by atoms with Gasteiger partial charge in [-0.25, -0.2) is 0 Å². The van der Waals surface area contributed by atoms with Crippen LogP contribution in [0.1, 0.15) is 5.56 Å². The van der Waals surface area contributed by atoms with Crippen molar-refractivity contribution < 1.29 is 9.64 Å². The smallest absolute Gasteiger partial charge is 0.105 e. The zero-order valence-corrected chi connectivity index (χ0v) is 8.33. The number of rotatable bonds is 2. The van der Waals surface area contributed by atoms with Crippen molar-refractivity contribution in [3.05, 3.63) is 29.8 Å². The fourth-order valence-corrected chi connectivity index (χ4v) is 1.80. The number of hydrogen-bond acceptors (Lipinski definition) is 2. The SMILES string of the molecule is Nc1ccccc1C[NH+]1CCOCC1. The van der Waals surface area contributed by atoms with Gasteiger partial charge in [-0.15, -0.1) is 0 Å². The number of benzene rings is 1. The van der Waals surface area contributed by atoms with Crippen molar-refractivity contribution in [1.82, 2.24) is 0 Å². The zero-order chi connectivity index (χ0) is 9.80. The molecule has 0 aromatic heterocycles. The summed E-state index contributed by atoms with van der Waals surface area (Å²) in [7, 11) is 0. The molecule has 1 aromatic rings. The Kier molecular flexibility index (Phi) is 3.01. The molecule has 0 radical (unpaired) electrons. The Morgan fingerprint density at radius 2 is 1.93 bits per heavy atom. The third-order valence-electron chi connectivity index (χ3n) is 2.70. The van der Waals surface area contributed by atoms with Crippen LogP contribution in [0.15, 0.2) is 24.3 Å². The Hall–Kier alpha value is -1.06. The van der Waals surface area contributed by atoms with Gasteiger partial charge >= 0.3 is 0 Å². The molecule has 3 N–H and O–H groups in total. The Morgan fingerprint density at radius 3 is 2.64 bits per heavy atom. The van der Waals surface area contributed by atoms with Gasteiger partial charge in [0.25, 0.3) is 0 Å². The first-order valence-corrected chi connectivity index (χ1v) is 5.11. The van der Waals surface area contributed by atoms with Gasteiger partial charge in [0, 0.05) is 11.3 Å². The number of morpholine rings is 1. The highest BCUT2D eigenvalue weighted by molar-refractivity contribution is 5.45. The van der Waals surface area contributed by atoms with Crippen molar-refractivity contribution in [2.75, 3.05) is 32.0 Å². The molecule has 1 fully saturated rings. The minimum Gasteiger partial charge on any atom is -0.398 e. The third-order valence-corrected chi connectivity index (χ3v) is 2.70. The molecule has 0 bridgehead atoms. The molecule has 1 aromatic carbocycles. The van der Waals surface area contributed by atoms with Crippen LogP contribution in [-0.2, 0) is 11.3 Å². The lowest BCUT2D eigenvalue weighted by molar-refractivity contribution is -0.921. The summed E-state index contributed by atoms with van der Waals surface area (Å²) >= 11 is 0. The zero-order valence-electron chi connectivity index (χ0n) is 8.33. The van der Waals surface area contributed by atoms with Crippen LogP contribution < -0.4 is 10.6 Å². The number of hydrogen-bond donors (Lipinski definition) is 2. The van der Waals surface area contributed by atoms with Crippen LogP contribution in [0.5, 0.6) is 0 Å². The molecular formula is C11H17N2O+. The largest absolute Gasteiger partial charge is 0.398 e. The fourth-order valence-electron chi connectivity index (χ4n) is 1.80. The van der Waals surface area contributed by atoms with E-state index in [1.807, 2.05) is 18.2 Å². The third kappa shape index (κ3) is 2.25. The maximum Gasteiger partial charge on any atom is 0.105 e. The summed E-state index contributed by atoms with van der Waals surface area (Å²) in [5.41, 5.74) is 8.06. The second kappa shape index (κ2) is 4.44. The summed E-state index contributed by atoms with van der Waals surface area (Å²) in [5.74, 6) is 0. The van der Waals surface area contributed by atoms with Crippen molar-refractivity contribution in [1.29, 1.82) is 0 Å². The van der Waals surface area contributed by atoms with Gasteiger partial charge in [-0.1, -0.05) is 18.2 Å². The standard InChI is InChI=1S/C11H16N2O/c12-11-4-2-1-3-10(11)9-13-5-7-14-8-6-13/h1-4H,5-9,12H2/p+1. The molecule has 0 amide bonds. The van der Waals surface area contributed by atoms with Crippen molar-refractivity contribution in [3.8, 4) is 0 Å². The average Bonchev–Trinajstić information content (AvgIpc) is 2.23. The predicted molar refractivity (Wildman–Crippen MR) is 56.1 cm³/mol. The van der Waals surface area contributed by atoms with Crippen molar-refractivity contribution in [2.45, 2.75) is 6.54 Å². The molecule has 76 valence electrons. The molecule has 0 spiro atoms. The highest BCUT2D eigenvalue weighted by atomic mass is 16.5. The number of quaternary nitrogens is 1. The van der Waals surface area contributed by atoms with Crippen molar-refractivity contribution in [3.63, 3.8) is 0 Å². The number of ether oxygens (including phenoxy) is 1. The van der Waals surface area contributed by atoms with Crippen LogP contribution in [0.3, 0.4) is 0 Å². The maximum absolute atomic E-state index is 5.89. The molecule has 0 saturated carbocycles. The van der Waals surface area contributed by atoms with Crippen LogP contribution in [0.25, 0.3) is 0 Å². The maximum atomic E-state index is 5.89. The number of nitrogens with two attached hydrogens (primary N) is 1. The number of anilines is 1. The van der Waals surface area contributed by atoms with Gasteiger partial charge in [0.05, 0.1) is 13.2 Å². The summed E-state index contributed by atoms with van der Waals surface area (Å²) < 4.78 is 5.32. The molecular weight excluding hydrogens is 176 g/mol. The molecule has 2 rings (SSSR count). The topological polar surface area (TPSA) is 39.7 Å². The molecule has 0 aliphatic carbocycles. The van der Waals surface area contributed by atoms with Crippen molar-refractivity contribution >= 4 is 5.69 Å². The molecule has 1 aliphatic heterocycles. The lowest BCUT2D eigenvalue weighted by atomic mass is 10.1. The lowest BCUT2D eigenvalue weighted by Crippen LogP contribution is -3.12. The van der Waals surface area contributed by atoms with Gasteiger partial charge in [-0.05, 0) is 6.07 Å². The summed E-state index contributed by atoms with van der Waals surface area (Å²) in [4.78, 5) is 1.56. The molecule has 1 heterocycles. The van der Waals surface area contributed by atoms with Gasteiger partial charge in [0.1, 0.15) is 19.6 Å². The number of para-hydroxylation sites is 1. The van der Waals surface area contributed by atoms with E-state index >= 15 is 0 Å². The van der Waals surface area contributed by atoms with Gasteiger partial charge in [0.15, 0.2) is 0 Å². The fraction of sp³-hybridized carbons (Fsp3) is 0.455. The molecule has 14 heavy (non-hydrogen) atoms. The van der Waals surface area contributed by atoms with E-state index in [2.05, 4.69) is 6.07 Å². The number of nitrogen functional groups attached to an aromatic ring is 1. The normalized spacial score (nSPS) is 18.3. The van der Waals surface area contributed by atoms with Crippen LogP contribution in [0.4, 0.5) is 5.69 Å². The molecule has 0 atom stereocenters. The molecule has 0 unspecified atom stereocenters. The Bertz CT molecular complexity index is 295. The van der Waals surface area contributed by atoms with E-state index in [-0.39, 0.29) is 0 Å². The monoisotopic (exact) mass is 193 g/mol. The lowest BCUT2D eigenvalue weighted by Gasteiger charge is -2.24. The molecule has 3 nitrogen and oxygen atoms in total. The summed E-state index contributed by atoms with van der Waals surface area (Å²) in [6, 6.07) is 8.10.